The van der Waals surface area contributed by atoms with Crippen LogP contribution < -0.4 is 9.80 Å². The smallest absolute Gasteiger partial charge is 0.290 e. The first-order chi connectivity index (χ1) is 12.7. The van der Waals surface area contributed by atoms with Gasteiger partial charge in [-0.1, -0.05) is 66.2 Å². The Bertz CT molecular complexity index is 954. The maximum atomic E-state index is 13.4. The summed E-state index contributed by atoms with van der Waals surface area (Å²) >= 11 is 6.12. The van der Waals surface area contributed by atoms with Gasteiger partial charge >= 0.3 is 6.03 Å². The molecule has 3 nitrogen and oxygen atoms in total. The van der Waals surface area contributed by atoms with Crippen LogP contribution in [0, 0.1) is 0 Å². The van der Waals surface area contributed by atoms with Gasteiger partial charge in [0.2, 0.25) is 0 Å². The molecule has 3 aromatic rings. The molecular weight excluding hydrogens is 344 g/mol. The number of carbonyl (C=O) groups excluding carboxylic acids is 1. The molecule has 128 valence electrons. The van der Waals surface area contributed by atoms with Gasteiger partial charge in [0.25, 0.3) is 0 Å². The number of benzene rings is 3. The lowest BCUT2D eigenvalue weighted by atomic mass is 10.1. The third-order valence-electron chi connectivity index (χ3n) is 4.33. The zero-order valence-corrected chi connectivity index (χ0v) is 14.8. The molecule has 0 aliphatic carbocycles. The highest BCUT2D eigenvalue weighted by Crippen LogP contribution is 2.33. The Morgan fingerprint density at radius 3 is 2.12 bits per heavy atom. The van der Waals surface area contributed by atoms with E-state index in [1.54, 1.807) is 15.9 Å². The Labute approximate surface area is 157 Å². The molecule has 0 bridgehead atoms. The molecule has 0 saturated heterocycles. The van der Waals surface area contributed by atoms with Crippen LogP contribution in [0.15, 0.2) is 91.0 Å². The zero-order chi connectivity index (χ0) is 17.9. The van der Waals surface area contributed by atoms with Crippen LogP contribution in [0.2, 0.25) is 5.02 Å². The molecule has 0 spiro atoms. The van der Waals surface area contributed by atoms with Crippen LogP contribution in [0.4, 0.5) is 16.2 Å². The van der Waals surface area contributed by atoms with Gasteiger partial charge in [-0.25, -0.2) is 4.79 Å². The second-order valence-electron chi connectivity index (χ2n) is 6.00. The number of rotatable bonds is 3. The molecule has 0 radical (unpaired) electrons. The van der Waals surface area contributed by atoms with Crippen LogP contribution in [0.5, 0.6) is 0 Å². The van der Waals surface area contributed by atoms with Crippen molar-refractivity contribution in [3.8, 4) is 0 Å². The number of carbonyl (C=O) groups is 1. The quantitative estimate of drug-likeness (QED) is 0.576. The molecule has 0 unspecified atom stereocenters. The Balaban J connectivity index is 1.81. The number of nitrogens with zero attached hydrogens (tertiary/aromatic N) is 2. The third-order valence-corrected chi connectivity index (χ3v) is 4.57. The van der Waals surface area contributed by atoms with Crippen molar-refractivity contribution in [1.82, 2.24) is 0 Å². The van der Waals surface area contributed by atoms with Gasteiger partial charge in [0.15, 0.2) is 0 Å². The monoisotopic (exact) mass is 360 g/mol. The van der Waals surface area contributed by atoms with Gasteiger partial charge in [-0.05, 0) is 42.0 Å². The molecule has 0 fully saturated rings. The molecule has 1 heterocycles. The minimum atomic E-state index is -0.0974. The fraction of sp³-hybridized carbons (Fsp3) is 0.0455. The fourth-order valence-electron chi connectivity index (χ4n) is 3.11. The van der Waals surface area contributed by atoms with Crippen LogP contribution in [0.25, 0.3) is 5.70 Å². The molecular formula is C22H17ClN2O. The van der Waals surface area contributed by atoms with E-state index < -0.39 is 0 Å². The Morgan fingerprint density at radius 1 is 0.769 bits per heavy atom. The van der Waals surface area contributed by atoms with Crippen molar-refractivity contribution in [2.75, 3.05) is 16.3 Å². The van der Waals surface area contributed by atoms with Crippen molar-refractivity contribution in [1.29, 1.82) is 0 Å². The molecule has 4 heteroatoms. The molecule has 1 aliphatic heterocycles. The summed E-state index contributed by atoms with van der Waals surface area (Å²) in [4.78, 5) is 16.9. The van der Waals surface area contributed by atoms with Gasteiger partial charge in [0, 0.05) is 17.3 Å². The summed E-state index contributed by atoms with van der Waals surface area (Å²) in [6.07, 6.45) is 2.07. The molecule has 0 aromatic heterocycles. The lowest BCUT2D eigenvalue weighted by Crippen LogP contribution is -2.46. The second kappa shape index (κ2) is 7.06. The lowest BCUT2D eigenvalue weighted by Gasteiger charge is -2.36. The Morgan fingerprint density at radius 2 is 1.42 bits per heavy atom. The molecule has 2 amide bonds. The van der Waals surface area contributed by atoms with Crippen molar-refractivity contribution in [2.24, 2.45) is 0 Å². The van der Waals surface area contributed by atoms with E-state index in [9.17, 15) is 4.79 Å². The highest BCUT2D eigenvalue weighted by molar-refractivity contribution is 6.31. The Kier molecular flexibility index (Phi) is 4.46. The van der Waals surface area contributed by atoms with Crippen LogP contribution in [-0.2, 0) is 0 Å². The average molecular weight is 361 g/mol. The first-order valence-corrected chi connectivity index (χ1v) is 8.79. The predicted octanol–water partition coefficient (Wildman–Crippen LogP) is 5.83. The van der Waals surface area contributed by atoms with E-state index in [4.69, 9.17) is 11.6 Å². The summed E-state index contributed by atoms with van der Waals surface area (Å²) in [5.41, 5.74) is 3.52. The molecule has 26 heavy (non-hydrogen) atoms. The molecule has 4 rings (SSSR count). The Hall–Kier alpha value is -3.04. The number of hydrogen-bond acceptors (Lipinski definition) is 1. The second-order valence-corrected chi connectivity index (χ2v) is 6.44. The predicted molar refractivity (Wildman–Crippen MR) is 108 cm³/mol. The van der Waals surface area contributed by atoms with Gasteiger partial charge < -0.3 is 0 Å². The van der Waals surface area contributed by atoms with Gasteiger partial charge in [0.1, 0.15) is 0 Å². The van der Waals surface area contributed by atoms with Crippen LogP contribution in [-0.4, -0.2) is 12.6 Å². The van der Waals surface area contributed by atoms with E-state index >= 15 is 0 Å². The van der Waals surface area contributed by atoms with E-state index in [0.29, 0.717) is 11.6 Å². The van der Waals surface area contributed by atoms with E-state index in [-0.39, 0.29) is 6.03 Å². The highest BCUT2D eigenvalue weighted by atomic mass is 35.5. The van der Waals surface area contributed by atoms with Gasteiger partial charge in [0.05, 0.1) is 11.4 Å². The van der Waals surface area contributed by atoms with Crippen molar-refractivity contribution >= 4 is 34.7 Å². The molecule has 0 N–H and O–H groups in total. The van der Waals surface area contributed by atoms with Gasteiger partial charge in [-0.15, -0.1) is 0 Å². The van der Waals surface area contributed by atoms with Crippen LogP contribution in [0.3, 0.4) is 0 Å². The maximum absolute atomic E-state index is 13.4. The number of anilines is 2. The molecule has 1 aliphatic rings. The first-order valence-electron chi connectivity index (χ1n) is 8.42. The van der Waals surface area contributed by atoms with Crippen molar-refractivity contribution in [2.45, 2.75) is 0 Å². The minimum Gasteiger partial charge on any atom is -0.290 e. The number of halogens is 1. The summed E-state index contributed by atoms with van der Waals surface area (Å²) in [6.45, 7) is 0.493. The third kappa shape index (κ3) is 3.09. The van der Waals surface area contributed by atoms with Crippen LogP contribution >= 0.6 is 11.6 Å². The number of urea groups is 1. The normalized spacial score (nSPS) is 14.3. The van der Waals surface area contributed by atoms with E-state index in [0.717, 1.165) is 22.6 Å². The SMILES string of the molecule is O=C1N(c2cccc(Cl)c2)CC=C(c2ccccc2)N1c1ccccc1. The van der Waals surface area contributed by atoms with E-state index in [2.05, 4.69) is 6.08 Å². The topological polar surface area (TPSA) is 23.6 Å². The molecule has 0 saturated carbocycles. The lowest BCUT2D eigenvalue weighted by molar-refractivity contribution is 0.253. The van der Waals surface area contributed by atoms with Crippen molar-refractivity contribution < 1.29 is 4.79 Å². The summed E-state index contributed by atoms with van der Waals surface area (Å²) in [5.74, 6) is 0. The van der Waals surface area contributed by atoms with Crippen molar-refractivity contribution in [3.05, 3.63) is 102 Å². The van der Waals surface area contributed by atoms with Crippen molar-refractivity contribution in [3.63, 3.8) is 0 Å². The largest absolute Gasteiger partial charge is 0.333 e. The number of para-hydroxylation sites is 1. The summed E-state index contributed by atoms with van der Waals surface area (Å²) in [6, 6.07) is 26.9. The summed E-state index contributed by atoms with van der Waals surface area (Å²) < 4.78 is 0. The standard InChI is InChI=1S/C22H17ClN2O/c23-18-10-7-13-20(16-18)24-15-14-21(17-8-3-1-4-9-17)25(22(24)26)19-11-5-2-6-12-19/h1-14,16H,15H2. The maximum Gasteiger partial charge on any atom is 0.333 e. The summed E-state index contributed by atoms with van der Waals surface area (Å²) in [7, 11) is 0. The van der Waals surface area contributed by atoms with Gasteiger partial charge in [-0.2, -0.15) is 0 Å². The fourth-order valence-corrected chi connectivity index (χ4v) is 3.30. The van der Waals surface area contributed by atoms with E-state index in [1.807, 2.05) is 78.9 Å². The van der Waals surface area contributed by atoms with Gasteiger partial charge in [-0.3, -0.25) is 9.80 Å². The van der Waals surface area contributed by atoms with Crippen LogP contribution in [0.1, 0.15) is 5.56 Å². The average Bonchev–Trinajstić information content (AvgIpc) is 2.69. The summed E-state index contributed by atoms with van der Waals surface area (Å²) in [5, 5.41) is 0.611. The highest BCUT2D eigenvalue weighted by Gasteiger charge is 2.30. The first kappa shape index (κ1) is 16.4. The van der Waals surface area contributed by atoms with E-state index in [1.165, 1.54) is 0 Å². The number of hydrogen-bond donors (Lipinski definition) is 0. The molecule has 3 aromatic carbocycles. The minimum absolute atomic E-state index is 0.0974. The molecule has 0 atom stereocenters. The zero-order valence-electron chi connectivity index (χ0n) is 14.0. The number of amides is 2.